The van der Waals surface area contributed by atoms with Crippen molar-refractivity contribution >= 4 is 6.03 Å². The number of halogens is 1. The number of amides is 2. The molecule has 2 aromatic rings. The number of nitrogens with one attached hydrogen (secondary N) is 2. The van der Waals surface area contributed by atoms with Gasteiger partial charge in [-0.25, -0.2) is 9.18 Å². The van der Waals surface area contributed by atoms with E-state index in [1.165, 1.54) is 6.07 Å². The average Bonchev–Trinajstić information content (AvgIpc) is 2.99. The summed E-state index contributed by atoms with van der Waals surface area (Å²) in [6, 6.07) is 6.28. The highest BCUT2D eigenvalue weighted by atomic mass is 19.1. The number of nitrogens with zero attached hydrogens (tertiary/aromatic N) is 3. The lowest BCUT2D eigenvalue weighted by atomic mass is 9.84. The summed E-state index contributed by atoms with van der Waals surface area (Å²) < 4.78 is 15.7. The van der Waals surface area contributed by atoms with E-state index in [2.05, 4.69) is 20.8 Å². The Morgan fingerprint density at radius 2 is 2.04 bits per heavy atom. The van der Waals surface area contributed by atoms with Crippen molar-refractivity contribution in [3.63, 3.8) is 0 Å². The zero-order chi connectivity index (χ0) is 16.9. The Bertz CT molecular complexity index is 668. The number of hydrogen-bond donors (Lipinski definition) is 2. The molecule has 1 heterocycles. The van der Waals surface area contributed by atoms with E-state index in [9.17, 15) is 9.18 Å². The molecule has 0 aliphatic rings. The second kappa shape index (κ2) is 7.21. The van der Waals surface area contributed by atoms with Gasteiger partial charge in [0.05, 0.1) is 6.54 Å². The van der Waals surface area contributed by atoms with Gasteiger partial charge >= 0.3 is 6.03 Å². The Labute approximate surface area is 135 Å². The van der Waals surface area contributed by atoms with Gasteiger partial charge in [-0.3, -0.25) is 0 Å². The number of rotatable bonds is 6. The SMILES string of the molecule is CCn1cnnc1CNC(=O)NCC(C)(C)c1ccccc1F. The van der Waals surface area contributed by atoms with Crippen LogP contribution in [0.5, 0.6) is 0 Å². The van der Waals surface area contributed by atoms with Gasteiger partial charge in [0, 0.05) is 18.5 Å². The molecule has 0 saturated heterocycles. The molecule has 7 heteroatoms. The van der Waals surface area contributed by atoms with Gasteiger partial charge in [0.2, 0.25) is 0 Å². The van der Waals surface area contributed by atoms with E-state index in [0.717, 1.165) is 6.54 Å². The summed E-state index contributed by atoms with van der Waals surface area (Å²) >= 11 is 0. The molecule has 0 saturated carbocycles. The smallest absolute Gasteiger partial charge is 0.315 e. The Hall–Kier alpha value is -2.44. The molecule has 1 aromatic carbocycles. The molecule has 2 N–H and O–H groups in total. The third-order valence-corrected chi connectivity index (χ3v) is 3.74. The molecule has 23 heavy (non-hydrogen) atoms. The van der Waals surface area contributed by atoms with Gasteiger partial charge in [-0.1, -0.05) is 32.0 Å². The fourth-order valence-electron chi connectivity index (χ4n) is 2.31. The largest absolute Gasteiger partial charge is 0.337 e. The van der Waals surface area contributed by atoms with Crippen LogP contribution in [-0.4, -0.2) is 27.3 Å². The zero-order valence-electron chi connectivity index (χ0n) is 13.6. The van der Waals surface area contributed by atoms with Gasteiger partial charge < -0.3 is 15.2 Å². The predicted molar refractivity (Wildman–Crippen MR) is 85.4 cm³/mol. The number of urea groups is 1. The molecule has 2 amide bonds. The molecule has 0 aliphatic carbocycles. The van der Waals surface area contributed by atoms with Gasteiger partial charge in [0.15, 0.2) is 5.82 Å². The molecule has 124 valence electrons. The lowest BCUT2D eigenvalue weighted by Crippen LogP contribution is -2.42. The molecule has 0 radical (unpaired) electrons. The van der Waals surface area contributed by atoms with Gasteiger partial charge in [-0.15, -0.1) is 10.2 Å². The molecule has 0 fully saturated rings. The number of aromatic nitrogens is 3. The van der Waals surface area contributed by atoms with Crippen LogP contribution in [0, 0.1) is 5.82 Å². The predicted octanol–water partition coefficient (Wildman–Crippen LogP) is 2.21. The molecule has 2 rings (SSSR count). The molecular weight excluding hydrogens is 297 g/mol. The molecule has 1 aromatic heterocycles. The van der Waals surface area contributed by atoms with Crippen LogP contribution in [0.1, 0.15) is 32.2 Å². The van der Waals surface area contributed by atoms with Gasteiger partial charge in [-0.05, 0) is 18.6 Å². The highest BCUT2D eigenvalue weighted by Gasteiger charge is 2.24. The lowest BCUT2D eigenvalue weighted by molar-refractivity contribution is 0.237. The maximum atomic E-state index is 13.9. The van der Waals surface area contributed by atoms with E-state index in [1.807, 2.05) is 25.3 Å². The Morgan fingerprint density at radius 1 is 1.30 bits per heavy atom. The first-order valence-electron chi connectivity index (χ1n) is 7.57. The Kier molecular flexibility index (Phi) is 5.31. The molecule has 0 unspecified atom stereocenters. The van der Waals surface area contributed by atoms with Crippen molar-refractivity contribution in [1.29, 1.82) is 0 Å². The number of hydrogen-bond acceptors (Lipinski definition) is 3. The monoisotopic (exact) mass is 319 g/mol. The van der Waals surface area contributed by atoms with Crippen LogP contribution in [-0.2, 0) is 18.5 Å². The normalized spacial score (nSPS) is 11.3. The van der Waals surface area contributed by atoms with Crippen molar-refractivity contribution in [3.8, 4) is 0 Å². The third kappa shape index (κ3) is 4.28. The first-order valence-corrected chi connectivity index (χ1v) is 7.57. The first kappa shape index (κ1) is 16.9. The van der Waals surface area contributed by atoms with E-state index in [1.54, 1.807) is 24.5 Å². The van der Waals surface area contributed by atoms with Gasteiger partial charge in [0.25, 0.3) is 0 Å². The average molecular weight is 319 g/mol. The van der Waals surface area contributed by atoms with Crippen LogP contribution < -0.4 is 10.6 Å². The molecule has 0 aliphatic heterocycles. The summed E-state index contributed by atoms with van der Waals surface area (Å²) in [7, 11) is 0. The number of benzene rings is 1. The van der Waals surface area contributed by atoms with E-state index in [-0.39, 0.29) is 11.8 Å². The topological polar surface area (TPSA) is 71.8 Å². The second-order valence-electron chi connectivity index (χ2n) is 5.93. The van der Waals surface area contributed by atoms with Crippen molar-refractivity contribution in [3.05, 3.63) is 47.8 Å². The van der Waals surface area contributed by atoms with Crippen molar-refractivity contribution in [2.75, 3.05) is 6.54 Å². The third-order valence-electron chi connectivity index (χ3n) is 3.74. The maximum Gasteiger partial charge on any atom is 0.315 e. The minimum Gasteiger partial charge on any atom is -0.337 e. The summed E-state index contributed by atoms with van der Waals surface area (Å²) in [5, 5.41) is 13.3. The molecule has 0 atom stereocenters. The van der Waals surface area contributed by atoms with Crippen LogP contribution in [0.25, 0.3) is 0 Å². The zero-order valence-corrected chi connectivity index (χ0v) is 13.6. The first-order chi connectivity index (χ1) is 10.9. The minimum absolute atomic E-state index is 0.268. The Balaban J connectivity index is 1.87. The van der Waals surface area contributed by atoms with Crippen molar-refractivity contribution < 1.29 is 9.18 Å². The summed E-state index contributed by atoms with van der Waals surface area (Å²) in [5.41, 5.74) is 0.0672. The van der Waals surface area contributed by atoms with E-state index in [4.69, 9.17) is 0 Å². The maximum absolute atomic E-state index is 13.9. The minimum atomic E-state index is -0.508. The molecular formula is C16H22FN5O. The van der Waals surface area contributed by atoms with E-state index < -0.39 is 5.41 Å². The fourth-order valence-corrected chi connectivity index (χ4v) is 2.31. The van der Waals surface area contributed by atoms with Crippen molar-refractivity contribution in [2.45, 2.75) is 39.3 Å². The highest BCUT2D eigenvalue weighted by molar-refractivity contribution is 5.73. The summed E-state index contributed by atoms with van der Waals surface area (Å²) in [4.78, 5) is 11.9. The fraction of sp³-hybridized carbons (Fsp3) is 0.438. The van der Waals surface area contributed by atoms with Crippen LogP contribution in [0.2, 0.25) is 0 Å². The van der Waals surface area contributed by atoms with E-state index in [0.29, 0.717) is 24.5 Å². The number of carbonyl (C=O) groups excluding carboxylic acids is 1. The standard InChI is InChI=1S/C16H22FN5O/c1-4-22-11-20-21-14(22)9-18-15(23)19-10-16(2,3)12-7-5-6-8-13(12)17/h5-8,11H,4,9-10H2,1-3H3,(H2,18,19,23). The summed E-state index contributed by atoms with van der Waals surface area (Å²) in [5.74, 6) is 0.423. The van der Waals surface area contributed by atoms with Crippen molar-refractivity contribution in [1.82, 2.24) is 25.4 Å². The van der Waals surface area contributed by atoms with Crippen LogP contribution in [0.15, 0.2) is 30.6 Å². The Morgan fingerprint density at radius 3 is 2.74 bits per heavy atom. The van der Waals surface area contributed by atoms with Crippen LogP contribution in [0.4, 0.5) is 9.18 Å². The van der Waals surface area contributed by atoms with Crippen LogP contribution >= 0.6 is 0 Å². The van der Waals surface area contributed by atoms with Gasteiger partial charge in [0.1, 0.15) is 12.1 Å². The lowest BCUT2D eigenvalue weighted by Gasteiger charge is -2.26. The highest BCUT2D eigenvalue weighted by Crippen LogP contribution is 2.24. The molecule has 0 bridgehead atoms. The second-order valence-corrected chi connectivity index (χ2v) is 5.93. The van der Waals surface area contributed by atoms with Crippen molar-refractivity contribution in [2.24, 2.45) is 0 Å². The quantitative estimate of drug-likeness (QED) is 0.857. The molecule has 0 spiro atoms. The molecule has 6 nitrogen and oxygen atoms in total. The van der Waals surface area contributed by atoms with Gasteiger partial charge in [-0.2, -0.15) is 0 Å². The summed E-state index contributed by atoms with van der Waals surface area (Å²) in [6.45, 7) is 7.11. The summed E-state index contributed by atoms with van der Waals surface area (Å²) in [6.07, 6.45) is 1.62. The number of carbonyl (C=O) groups is 1. The van der Waals surface area contributed by atoms with Crippen LogP contribution in [0.3, 0.4) is 0 Å². The van der Waals surface area contributed by atoms with E-state index >= 15 is 0 Å². The number of aryl methyl sites for hydroxylation is 1.